The lowest BCUT2D eigenvalue weighted by atomic mass is 9.95. The van der Waals surface area contributed by atoms with Crippen LogP contribution in [0.5, 0.6) is 11.8 Å². The van der Waals surface area contributed by atoms with Crippen LogP contribution >= 0.6 is 0 Å². The third-order valence-corrected chi connectivity index (χ3v) is 10.2. The first-order valence-electron chi connectivity index (χ1n) is 16.2. The largest absolute Gasteiger partial charge is 0.468 e. The van der Waals surface area contributed by atoms with Crippen LogP contribution in [0.2, 0.25) is 0 Å². The van der Waals surface area contributed by atoms with Gasteiger partial charge < -0.3 is 24.2 Å². The van der Waals surface area contributed by atoms with Crippen LogP contribution in [0.25, 0.3) is 32.9 Å². The summed E-state index contributed by atoms with van der Waals surface area (Å²) in [4.78, 5) is 32.1. The van der Waals surface area contributed by atoms with E-state index in [0.29, 0.717) is 53.2 Å². The van der Waals surface area contributed by atoms with Crippen molar-refractivity contribution in [3.8, 4) is 35.4 Å². The molecular formula is C36H35FN6O5. The number of ether oxygens (including phenoxy) is 3. The molecule has 4 aromatic rings. The fourth-order valence-corrected chi connectivity index (χ4v) is 8.06. The summed E-state index contributed by atoms with van der Waals surface area (Å²) in [7, 11) is 1.53. The van der Waals surface area contributed by atoms with Crippen LogP contribution in [0.4, 0.5) is 15.0 Å². The van der Waals surface area contributed by atoms with E-state index >= 15 is 4.39 Å². The van der Waals surface area contributed by atoms with Crippen LogP contribution in [0.1, 0.15) is 31.2 Å². The molecule has 0 saturated carbocycles. The Morgan fingerprint density at radius 2 is 1.90 bits per heavy atom. The van der Waals surface area contributed by atoms with Gasteiger partial charge in [-0.05, 0) is 62.4 Å². The predicted octanol–water partition coefficient (Wildman–Crippen LogP) is 5.06. The number of pyridine rings is 1. The van der Waals surface area contributed by atoms with Crippen molar-refractivity contribution in [3.05, 3.63) is 60.1 Å². The quantitative estimate of drug-likeness (QED) is 0.158. The molecule has 2 bridgehead atoms. The Morgan fingerprint density at radius 1 is 1.12 bits per heavy atom. The Balaban J connectivity index is 1.26. The zero-order chi connectivity index (χ0) is 33.0. The molecule has 3 saturated heterocycles. The molecule has 2 atom stereocenters. The fourth-order valence-electron chi connectivity index (χ4n) is 8.06. The van der Waals surface area contributed by atoms with Crippen LogP contribution in [0.15, 0.2) is 48.7 Å². The van der Waals surface area contributed by atoms with E-state index in [-0.39, 0.29) is 41.6 Å². The number of nitrogens with zero attached hydrogens (tertiary/aromatic N) is 6. The summed E-state index contributed by atoms with van der Waals surface area (Å²) in [6, 6.07) is 8.43. The average Bonchev–Trinajstić information content (AvgIpc) is 3.76. The Kier molecular flexibility index (Phi) is 7.53. The van der Waals surface area contributed by atoms with Crippen molar-refractivity contribution in [3.63, 3.8) is 0 Å². The Labute approximate surface area is 276 Å². The molecule has 0 spiro atoms. The lowest BCUT2D eigenvalue weighted by molar-refractivity contribution is 0.0512. The number of benzene rings is 2. The molecule has 12 heteroatoms. The van der Waals surface area contributed by atoms with Crippen molar-refractivity contribution in [2.75, 3.05) is 51.6 Å². The smallest absolute Gasteiger partial charge is 0.408 e. The summed E-state index contributed by atoms with van der Waals surface area (Å²) in [6.45, 7) is 3.20. The molecular weight excluding hydrogens is 615 g/mol. The monoisotopic (exact) mass is 650 g/mol. The SMILES string of the molecule is C#Cc1cccc2cc(OCOC)cc(-c3ncc4c(N5C[C@H]6C=C[C@@H](C5)N6C(=O)O)nc(OCC56CCCN5CCC6)nc4c3F)c12. The average molecular weight is 651 g/mol. The summed E-state index contributed by atoms with van der Waals surface area (Å²) < 4.78 is 34.3. The second-order valence-corrected chi connectivity index (χ2v) is 12.9. The Morgan fingerprint density at radius 3 is 2.60 bits per heavy atom. The highest BCUT2D eigenvalue weighted by molar-refractivity contribution is 6.03. The Bertz CT molecular complexity index is 1990. The van der Waals surface area contributed by atoms with Crippen molar-refractivity contribution in [2.24, 2.45) is 0 Å². The van der Waals surface area contributed by atoms with Gasteiger partial charge in [-0.25, -0.2) is 9.18 Å². The van der Waals surface area contributed by atoms with Crippen molar-refractivity contribution in [1.82, 2.24) is 24.8 Å². The number of aromatic nitrogens is 3. The van der Waals surface area contributed by atoms with Crippen molar-refractivity contribution in [2.45, 2.75) is 43.3 Å². The van der Waals surface area contributed by atoms with Crippen LogP contribution in [0, 0.1) is 18.2 Å². The number of carboxylic acid groups (broad SMARTS) is 1. The van der Waals surface area contributed by atoms with E-state index in [1.165, 1.54) is 12.0 Å². The molecule has 1 amide bonds. The predicted molar refractivity (Wildman–Crippen MR) is 178 cm³/mol. The van der Waals surface area contributed by atoms with E-state index in [0.717, 1.165) is 44.2 Å². The van der Waals surface area contributed by atoms with Gasteiger partial charge in [0.05, 0.1) is 23.0 Å². The highest BCUT2D eigenvalue weighted by atomic mass is 19.1. The highest BCUT2D eigenvalue weighted by Crippen LogP contribution is 2.41. The molecule has 6 heterocycles. The summed E-state index contributed by atoms with van der Waals surface area (Å²) >= 11 is 0. The van der Waals surface area contributed by atoms with Gasteiger partial charge in [-0.1, -0.05) is 30.2 Å². The first-order chi connectivity index (χ1) is 23.4. The van der Waals surface area contributed by atoms with Crippen molar-refractivity contribution >= 4 is 33.6 Å². The molecule has 48 heavy (non-hydrogen) atoms. The number of methoxy groups -OCH3 is 1. The third-order valence-electron chi connectivity index (χ3n) is 10.2. The maximum atomic E-state index is 17.1. The van der Waals surface area contributed by atoms with Gasteiger partial charge in [-0.15, -0.1) is 6.42 Å². The minimum Gasteiger partial charge on any atom is -0.468 e. The lowest BCUT2D eigenvalue weighted by Gasteiger charge is -2.40. The number of fused-ring (bicyclic) bond motifs is 5. The molecule has 4 aliphatic rings. The molecule has 8 rings (SSSR count). The number of anilines is 1. The second-order valence-electron chi connectivity index (χ2n) is 12.9. The van der Waals surface area contributed by atoms with E-state index in [1.807, 2.05) is 35.3 Å². The summed E-state index contributed by atoms with van der Waals surface area (Å²) in [5, 5.41) is 11.7. The first-order valence-corrected chi connectivity index (χ1v) is 16.2. The maximum absolute atomic E-state index is 17.1. The summed E-state index contributed by atoms with van der Waals surface area (Å²) in [6.07, 6.45) is 14.6. The number of rotatable bonds is 8. The van der Waals surface area contributed by atoms with Crippen molar-refractivity contribution < 1.29 is 28.5 Å². The number of halogens is 1. The van der Waals surface area contributed by atoms with Gasteiger partial charge in [-0.3, -0.25) is 14.8 Å². The molecule has 2 aromatic carbocycles. The standard InChI is InChI=1S/C36H35FN6O5/c1-3-22-7-4-8-23-15-26(48-21-46-2)16-27(29(22)23)31-30(37)32-28(17-38-31)33(41-18-24-9-10-25(19-41)43(24)35(44)45)40-34(39-32)47-20-36-11-5-13-42(36)14-6-12-36/h1,4,7-10,15-17,24-25H,5-6,11-14,18-21H2,2H3,(H,44,45)/t24-,25+. The van der Waals surface area contributed by atoms with Gasteiger partial charge in [0.25, 0.3) is 0 Å². The van der Waals surface area contributed by atoms with E-state index in [2.05, 4.69) is 20.8 Å². The normalized spacial score (nSPS) is 21.2. The van der Waals surface area contributed by atoms with Crippen LogP contribution in [-0.4, -0.2) is 100 Å². The van der Waals surface area contributed by atoms with E-state index in [1.54, 1.807) is 18.3 Å². The van der Waals surface area contributed by atoms with E-state index in [4.69, 9.17) is 25.6 Å². The van der Waals surface area contributed by atoms with Gasteiger partial charge >= 0.3 is 12.1 Å². The van der Waals surface area contributed by atoms with Gasteiger partial charge in [0, 0.05) is 42.9 Å². The fraction of sp³-hybridized carbons (Fsp3) is 0.389. The molecule has 0 radical (unpaired) electrons. The number of terminal acetylenes is 1. The minimum absolute atomic E-state index is 0.00952. The number of piperazine rings is 1. The van der Waals surface area contributed by atoms with Crippen LogP contribution in [0.3, 0.4) is 0 Å². The van der Waals surface area contributed by atoms with Gasteiger partial charge in [0.1, 0.15) is 29.4 Å². The molecule has 246 valence electrons. The van der Waals surface area contributed by atoms with Gasteiger partial charge in [0.2, 0.25) is 0 Å². The molecule has 0 unspecified atom stereocenters. The Hall–Kier alpha value is -4.99. The maximum Gasteiger partial charge on any atom is 0.408 e. The molecule has 11 nitrogen and oxygen atoms in total. The molecule has 3 fully saturated rings. The van der Waals surface area contributed by atoms with Crippen molar-refractivity contribution in [1.29, 1.82) is 0 Å². The number of hydrogen-bond donors (Lipinski definition) is 1. The zero-order valence-electron chi connectivity index (χ0n) is 26.6. The molecule has 0 aliphatic carbocycles. The molecule has 1 N–H and O–H groups in total. The van der Waals surface area contributed by atoms with Crippen LogP contribution in [-0.2, 0) is 4.74 Å². The first kappa shape index (κ1) is 30.4. The molecule has 4 aliphatic heterocycles. The van der Waals surface area contributed by atoms with E-state index < -0.39 is 11.9 Å². The number of amides is 1. The minimum atomic E-state index is -0.976. The number of hydrogen-bond acceptors (Lipinski definition) is 9. The van der Waals surface area contributed by atoms with E-state index in [9.17, 15) is 9.90 Å². The highest BCUT2D eigenvalue weighted by Gasteiger charge is 2.45. The third kappa shape index (κ3) is 4.96. The zero-order valence-corrected chi connectivity index (χ0v) is 26.6. The number of carbonyl (C=O) groups is 1. The van der Waals surface area contributed by atoms with Crippen LogP contribution < -0.4 is 14.4 Å². The van der Waals surface area contributed by atoms with Gasteiger partial charge in [-0.2, -0.15) is 9.97 Å². The molecule has 2 aromatic heterocycles. The van der Waals surface area contributed by atoms with Gasteiger partial charge in [0.15, 0.2) is 12.6 Å². The second kappa shape index (κ2) is 11.9. The topological polar surface area (TPSA) is 113 Å². The lowest BCUT2D eigenvalue weighted by Crippen LogP contribution is -2.56. The summed E-state index contributed by atoms with van der Waals surface area (Å²) in [5.41, 5.74) is 1.10. The summed E-state index contributed by atoms with van der Waals surface area (Å²) in [5.74, 6) is 3.00.